The monoisotopic (exact) mass is 405 g/mol. The van der Waals surface area contributed by atoms with Crippen molar-refractivity contribution < 1.29 is 14.3 Å². The Bertz CT molecular complexity index is 735. The molecule has 0 bridgehead atoms. The Morgan fingerprint density at radius 1 is 1.08 bits per heavy atom. The Balaban J connectivity index is 1.95. The molecule has 0 heterocycles. The van der Waals surface area contributed by atoms with Crippen molar-refractivity contribution in [3.05, 3.63) is 58.6 Å². The van der Waals surface area contributed by atoms with Gasteiger partial charge >= 0.3 is 6.03 Å². The first-order valence-corrected chi connectivity index (χ1v) is 8.42. The van der Waals surface area contributed by atoms with Crippen molar-refractivity contribution >= 4 is 39.2 Å². The molecule has 2 N–H and O–H groups in total. The van der Waals surface area contributed by atoms with E-state index >= 15 is 0 Å². The topological polar surface area (TPSA) is 70.7 Å². The first kappa shape index (κ1) is 19.0. The third kappa shape index (κ3) is 6.21. The van der Waals surface area contributed by atoms with Gasteiger partial charge in [0.2, 0.25) is 5.91 Å². The number of nitrogens with one attached hydrogen (secondary N) is 2. The molecule has 0 aliphatic heterocycles. The van der Waals surface area contributed by atoms with Crippen molar-refractivity contribution in [1.82, 2.24) is 4.90 Å². The second-order valence-electron chi connectivity index (χ2n) is 5.47. The smallest absolute Gasteiger partial charge is 0.321 e. The molecule has 2 rings (SSSR count). The zero-order valence-corrected chi connectivity index (χ0v) is 15.7. The molecule has 0 fully saturated rings. The van der Waals surface area contributed by atoms with Gasteiger partial charge in [-0.25, -0.2) is 4.79 Å². The Labute approximate surface area is 155 Å². The summed E-state index contributed by atoms with van der Waals surface area (Å²) >= 11 is 3.39. The summed E-state index contributed by atoms with van der Waals surface area (Å²) in [6.45, 7) is 0.468. The number of methoxy groups -OCH3 is 1. The van der Waals surface area contributed by atoms with Gasteiger partial charge in [0, 0.05) is 36.5 Å². The highest BCUT2D eigenvalue weighted by Crippen LogP contribution is 2.16. The molecule has 0 aliphatic rings. The highest BCUT2D eigenvalue weighted by atomic mass is 79.9. The number of hydrogen-bond acceptors (Lipinski definition) is 3. The molecular formula is C18H20BrN3O3. The number of nitrogens with zero attached hydrogens (tertiary/aromatic N) is 1. The number of rotatable bonds is 6. The van der Waals surface area contributed by atoms with Crippen LogP contribution in [0.25, 0.3) is 0 Å². The number of carbonyl (C=O) groups excluding carboxylic acids is 2. The maximum Gasteiger partial charge on any atom is 0.321 e. The number of anilines is 2. The number of halogens is 1. The lowest BCUT2D eigenvalue weighted by Crippen LogP contribution is -2.30. The predicted octanol–water partition coefficient (Wildman–Crippen LogP) is 3.70. The number of urea groups is 1. The molecule has 0 saturated heterocycles. The molecule has 7 heteroatoms. The summed E-state index contributed by atoms with van der Waals surface area (Å²) in [4.78, 5) is 25.4. The van der Waals surface area contributed by atoms with Crippen LogP contribution in [0.4, 0.5) is 16.2 Å². The number of benzene rings is 2. The number of carbonyl (C=O) groups is 2. The van der Waals surface area contributed by atoms with Crippen LogP contribution in [-0.4, -0.2) is 37.6 Å². The fraction of sp³-hybridized carbons (Fsp3) is 0.222. The third-order valence-electron chi connectivity index (χ3n) is 3.35. The molecular weight excluding hydrogens is 386 g/mol. The SMILES string of the molecule is COCC(=O)Nc1cccc(NC(=O)N(C)Cc2ccc(Br)cc2)c1. The maximum atomic E-state index is 12.3. The van der Waals surface area contributed by atoms with Crippen molar-refractivity contribution in [1.29, 1.82) is 0 Å². The fourth-order valence-electron chi connectivity index (χ4n) is 2.16. The molecule has 0 aromatic heterocycles. The van der Waals surface area contributed by atoms with Crippen molar-refractivity contribution in [2.24, 2.45) is 0 Å². The molecule has 3 amide bonds. The van der Waals surface area contributed by atoms with Crippen LogP contribution in [0, 0.1) is 0 Å². The quantitative estimate of drug-likeness (QED) is 0.769. The lowest BCUT2D eigenvalue weighted by atomic mass is 10.2. The Morgan fingerprint density at radius 3 is 2.36 bits per heavy atom. The van der Waals surface area contributed by atoms with Crippen LogP contribution < -0.4 is 10.6 Å². The van der Waals surface area contributed by atoms with Gasteiger partial charge in [0.25, 0.3) is 0 Å². The van der Waals surface area contributed by atoms with Gasteiger partial charge in [0.1, 0.15) is 6.61 Å². The van der Waals surface area contributed by atoms with E-state index in [0.717, 1.165) is 10.0 Å². The van der Waals surface area contributed by atoms with Gasteiger partial charge in [-0.2, -0.15) is 0 Å². The Morgan fingerprint density at radius 2 is 1.72 bits per heavy atom. The van der Waals surface area contributed by atoms with Gasteiger partial charge in [-0.3, -0.25) is 4.79 Å². The lowest BCUT2D eigenvalue weighted by molar-refractivity contribution is -0.119. The van der Waals surface area contributed by atoms with Gasteiger partial charge in [0.15, 0.2) is 0 Å². The lowest BCUT2D eigenvalue weighted by Gasteiger charge is -2.18. The number of hydrogen-bond donors (Lipinski definition) is 2. The summed E-state index contributed by atoms with van der Waals surface area (Å²) in [7, 11) is 3.18. The van der Waals surface area contributed by atoms with Gasteiger partial charge in [-0.15, -0.1) is 0 Å². The van der Waals surface area contributed by atoms with E-state index in [-0.39, 0.29) is 18.5 Å². The van der Waals surface area contributed by atoms with Crippen LogP contribution in [-0.2, 0) is 16.1 Å². The molecule has 2 aromatic carbocycles. The highest BCUT2D eigenvalue weighted by Gasteiger charge is 2.10. The van der Waals surface area contributed by atoms with Crippen LogP contribution in [0.1, 0.15) is 5.56 Å². The van der Waals surface area contributed by atoms with Crippen LogP contribution in [0.2, 0.25) is 0 Å². The summed E-state index contributed by atoms with van der Waals surface area (Å²) in [6, 6.07) is 14.5. The molecule has 0 radical (unpaired) electrons. The summed E-state index contributed by atoms with van der Waals surface area (Å²) in [6.07, 6.45) is 0. The van der Waals surface area contributed by atoms with E-state index in [1.165, 1.54) is 7.11 Å². The van der Waals surface area contributed by atoms with Crippen molar-refractivity contribution in [3.8, 4) is 0 Å². The molecule has 6 nitrogen and oxygen atoms in total. The average Bonchev–Trinajstić information content (AvgIpc) is 2.57. The fourth-order valence-corrected chi connectivity index (χ4v) is 2.42. The van der Waals surface area contributed by atoms with Gasteiger partial charge in [-0.1, -0.05) is 34.1 Å². The minimum Gasteiger partial charge on any atom is -0.375 e. The van der Waals surface area contributed by atoms with E-state index in [9.17, 15) is 9.59 Å². The summed E-state index contributed by atoms with van der Waals surface area (Å²) in [5.41, 5.74) is 2.22. The second kappa shape index (κ2) is 9.19. The molecule has 0 saturated carbocycles. The number of amides is 3. The largest absolute Gasteiger partial charge is 0.375 e. The van der Waals surface area contributed by atoms with E-state index in [1.54, 1.807) is 36.2 Å². The first-order chi connectivity index (χ1) is 12.0. The molecule has 0 spiro atoms. The summed E-state index contributed by atoms with van der Waals surface area (Å²) < 4.78 is 5.77. The van der Waals surface area contributed by atoms with E-state index in [1.807, 2.05) is 24.3 Å². The summed E-state index contributed by atoms with van der Waals surface area (Å²) in [5, 5.41) is 5.51. The van der Waals surface area contributed by atoms with Crippen molar-refractivity contribution in [3.63, 3.8) is 0 Å². The summed E-state index contributed by atoms with van der Waals surface area (Å²) in [5.74, 6) is -0.252. The van der Waals surface area contributed by atoms with Gasteiger partial charge < -0.3 is 20.3 Å². The minimum absolute atomic E-state index is 0.0213. The first-order valence-electron chi connectivity index (χ1n) is 7.63. The van der Waals surface area contributed by atoms with Gasteiger partial charge in [0.05, 0.1) is 0 Å². The minimum atomic E-state index is -0.252. The third-order valence-corrected chi connectivity index (χ3v) is 3.88. The maximum absolute atomic E-state index is 12.3. The molecule has 2 aromatic rings. The number of ether oxygens (including phenoxy) is 1. The zero-order valence-electron chi connectivity index (χ0n) is 14.1. The molecule has 25 heavy (non-hydrogen) atoms. The van der Waals surface area contributed by atoms with Crippen molar-refractivity contribution in [2.45, 2.75) is 6.54 Å². The molecule has 0 atom stereocenters. The zero-order chi connectivity index (χ0) is 18.2. The highest BCUT2D eigenvalue weighted by molar-refractivity contribution is 9.10. The van der Waals surface area contributed by atoms with Crippen LogP contribution in [0.5, 0.6) is 0 Å². The average molecular weight is 406 g/mol. The van der Waals surface area contributed by atoms with E-state index < -0.39 is 0 Å². The standard InChI is InChI=1S/C18H20BrN3O3/c1-22(11-13-6-8-14(19)9-7-13)18(24)21-16-5-3-4-15(10-16)20-17(23)12-25-2/h3-10H,11-12H2,1-2H3,(H,20,23)(H,21,24). The van der Waals surface area contributed by atoms with Crippen LogP contribution >= 0.6 is 15.9 Å². The van der Waals surface area contributed by atoms with E-state index in [4.69, 9.17) is 4.74 Å². The Hall–Kier alpha value is -2.38. The van der Waals surface area contributed by atoms with E-state index in [0.29, 0.717) is 17.9 Å². The molecule has 132 valence electrons. The normalized spacial score (nSPS) is 10.2. The van der Waals surface area contributed by atoms with Crippen molar-refractivity contribution in [2.75, 3.05) is 31.4 Å². The Kier molecular flexibility index (Phi) is 6.97. The second-order valence-corrected chi connectivity index (χ2v) is 6.39. The van der Waals surface area contributed by atoms with E-state index in [2.05, 4.69) is 26.6 Å². The van der Waals surface area contributed by atoms with Crippen LogP contribution in [0.3, 0.4) is 0 Å². The molecule has 0 unspecified atom stereocenters. The van der Waals surface area contributed by atoms with Crippen LogP contribution in [0.15, 0.2) is 53.0 Å². The molecule has 0 aliphatic carbocycles. The predicted molar refractivity (Wildman–Crippen MR) is 102 cm³/mol. The van der Waals surface area contributed by atoms with Gasteiger partial charge in [-0.05, 0) is 35.9 Å².